The van der Waals surface area contributed by atoms with Crippen LogP contribution in [0.15, 0.2) is 24.8 Å². The van der Waals surface area contributed by atoms with Crippen LogP contribution in [0.4, 0.5) is 0 Å². The summed E-state index contributed by atoms with van der Waals surface area (Å²) in [5, 5.41) is 3.13. The van der Waals surface area contributed by atoms with Crippen LogP contribution in [0.2, 0.25) is 5.15 Å². The van der Waals surface area contributed by atoms with Crippen molar-refractivity contribution < 1.29 is 9.53 Å². The topological polar surface area (TPSA) is 51.2 Å². The van der Waals surface area contributed by atoms with Gasteiger partial charge in [-0.15, -0.1) is 6.58 Å². The summed E-state index contributed by atoms with van der Waals surface area (Å²) in [6.45, 7) is 9.19. The molecule has 0 aliphatic heterocycles. The molecule has 0 atom stereocenters. The molecule has 0 bridgehead atoms. The minimum Gasteiger partial charge on any atom is -0.379 e. The summed E-state index contributed by atoms with van der Waals surface area (Å²) in [6.07, 6.45) is 2.61. The van der Waals surface area contributed by atoms with Gasteiger partial charge in [0.2, 0.25) is 0 Å². The number of nitrogens with one attached hydrogen (secondary N) is 1. The predicted molar refractivity (Wildman–Crippen MR) is 81.3 cm³/mol. The van der Waals surface area contributed by atoms with Crippen molar-refractivity contribution >= 4 is 17.5 Å². The van der Waals surface area contributed by atoms with Gasteiger partial charge in [0, 0.05) is 17.8 Å². The summed E-state index contributed by atoms with van der Waals surface area (Å²) in [6, 6.07) is 3.34. The number of hydrogen-bond donors (Lipinski definition) is 1. The Kier molecular flexibility index (Phi) is 7.26. The molecule has 0 aliphatic carbocycles. The molecule has 20 heavy (non-hydrogen) atoms. The number of ether oxygens (including phenoxy) is 1. The van der Waals surface area contributed by atoms with Crippen LogP contribution in [0.25, 0.3) is 0 Å². The number of rotatable bonds is 8. The maximum Gasteiger partial charge on any atom is 0.251 e. The molecule has 1 heterocycles. The standard InChI is InChI=1S/C15H21ClN2O2/c1-4-5-7-20-8-6-17-15(19)12-9-13(11(2)3)18-14(16)10-12/h4,9-11H,1,5-8H2,2-3H3,(H,17,19). The van der Waals surface area contributed by atoms with Crippen LogP contribution in [0.3, 0.4) is 0 Å². The van der Waals surface area contributed by atoms with Crippen LogP contribution < -0.4 is 5.32 Å². The zero-order chi connectivity index (χ0) is 15.0. The van der Waals surface area contributed by atoms with Crippen molar-refractivity contribution in [3.63, 3.8) is 0 Å². The lowest BCUT2D eigenvalue weighted by molar-refractivity contribution is 0.0917. The summed E-state index contributed by atoms with van der Waals surface area (Å²) >= 11 is 5.93. The van der Waals surface area contributed by atoms with Gasteiger partial charge in [-0.3, -0.25) is 4.79 Å². The number of hydrogen-bond acceptors (Lipinski definition) is 3. The largest absolute Gasteiger partial charge is 0.379 e. The monoisotopic (exact) mass is 296 g/mol. The fraction of sp³-hybridized carbons (Fsp3) is 0.467. The maximum atomic E-state index is 12.0. The highest BCUT2D eigenvalue weighted by Gasteiger charge is 2.10. The van der Waals surface area contributed by atoms with Crippen LogP contribution in [0, 0.1) is 0 Å². The number of carbonyl (C=O) groups excluding carboxylic acids is 1. The first kappa shape index (κ1) is 16.7. The van der Waals surface area contributed by atoms with Crippen molar-refractivity contribution in [2.24, 2.45) is 0 Å². The number of aromatic nitrogens is 1. The van der Waals surface area contributed by atoms with E-state index in [4.69, 9.17) is 16.3 Å². The van der Waals surface area contributed by atoms with Crippen molar-refractivity contribution in [1.29, 1.82) is 0 Å². The van der Waals surface area contributed by atoms with E-state index < -0.39 is 0 Å². The minimum atomic E-state index is -0.163. The van der Waals surface area contributed by atoms with Crippen molar-refractivity contribution in [3.05, 3.63) is 41.2 Å². The lowest BCUT2D eigenvalue weighted by atomic mass is 10.1. The number of nitrogens with zero attached hydrogens (tertiary/aromatic N) is 1. The lowest BCUT2D eigenvalue weighted by Gasteiger charge is -2.09. The average Bonchev–Trinajstić information content (AvgIpc) is 2.41. The molecule has 1 amide bonds. The van der Waals surface area contributed by atoms with Gasteiger partial charge in [-0.05, 0) is 24.5 Å². The van der Waals surface area contributed by atoms with E-state index in [0.29, 0.717) is 30.5 Å². The Morgan fingerprint density at radius 1 is 1.50 bits per heavy atom. The summed E-state index contributed by atoms with van der Waals surface area (Å²) in [5.41, 5.74) is 1.34. The van der Waals surface area contributed by atoms with Crippen LogP contribution in [0.1, 0.15) is 42.2 Å². The summed E-state index contributed by atoms with van der Waals surface area (Å²) in [5.74, 6) is 0.0611. The van der Waals surface area contributed by atoms with Gasteiger partial charge in [0.1, 0.15) is 5.15 Å². The van der Waals surface area contributed by atoms with Crippen molar-refractivity contribution in [3.8, 4) is 0 Å². The van der Waals surface area contributed by atoms with Crippen LogP contribution in [-0.2, 0) is 4.74 Å². The quantitative estimate of drug-likeness (QED) is 0.455. The average molecular weight is 297 g/mol. The molecule has 4 nitrogen and oxygen atoms in total. The molecule has 1 aromatic rings. The van der Waals surface area contributed by atoms with E-state index in [2.05, 4.69) is 16.9 Å². The third-order valence-corrected chi connectivity index (χ3v) is 2.86. The Balaban J connectivity index is 2.49. The van der Waals surface area contributed by atoms with Crippen molar-refractivity contribution in [2.45, 2.75) is 26.2 Å². The Bertz CT molecular complexity index is 461. The van der Waals surface area contributed by atoms with Crippen molar-refractivity contribution in [2.75, 3.05) is 19.8 Å². The molecular formula is C15H21ClN2O2. The fourth-order valence-electron chi connectivity index (χ4n) is 1.55. The summed E-state index contributed by atoms with van der Waals surface area (Å²) < 4.78 is 5.32. The summed E-state index contributed by atoms with van der Waals surface area (Å²) in [7, 11) is 0. The first-order chi connectivity index (χ1) is 9.54. The second-order valence-electron chi connectivity index (χ2n) is 4.70. The number of carbonyl (C=O) groups is 1. The van der Waals surface area contributed by atoms with E-state index in [1.54, 1.807) is 18.2 Å². The Hall–Kier alpha value is -1.39. The van der Waals surface area contributed by atoms with Gasteiger partial charge in [0.15, 0.2) is 0 Å². The zero-order valence-electron chi connectivity index (χ0n) is 12.0. The molecule has 5 heteroatoms. The molecular weight excluding hydrogens is 276 g/mol. The Labute approximate surface area is 125 Å². The second-order valence-corrected chi connectivity index (χ2v) is 5.09. The number of amides is 1. The van der Waals surface area contributed by atoms with E-state index in [9.17, 15) is 4.79 Å². The molecule has 0 aliphatic rings. The first-order valence-corrected chi connectivity index (χ1v) is 7.06. The third kappa shape index (κ3) is 5.72. The molecule has 1 aromatic heterocycles. The van der Waals surface area contributed by atoms with E-state index in [0.717, 1.165) is 12.1 Å². The molecule has 0 saturated carbocycles. The Morgan fingerprint density at radius 2 is 2.25 bits per heavy atom. The highest BCUT2D eigenvalue weighted by atomic mass is 35.5. The highest BCUT2D eigenvalue weighted by molar-refractivity contribution is 6.29. The maximum absolute atomic E-state index is 12.0. The zero-order valence-corrected chi connectivity index (χ0v) is 12.7. The second kappa shape index (κ2) is 8.72. The molecule has 0 radical (unpaired) electrons. The molecule has 0 unspecified atom stereocenters. The van der Waals surface area contributed by atoms with Gasteiger partial charge < -0.3 is 10.1 Å². The molecule has 1 rings (SSSR count). The summed E-state index contributed by atoms with van der Waals surface area (Å²) in [4.78, 5) is 16.2. The van der Waals surface area contributed by atoms with E-state index in [-0.39, 0.29) is 11.8 Å². The third-order valence-electron chi connectivity index (χ3n) is 2.67. The number of halogens is 1. The molecule has 0 saturated heterocycles. The van der Waals surface area contributed by atoms with Gasteiger partial charge in [-0.1, -0.05) is 31.5 Å². The van der Waals surface area contributed by atoms with E-state index in [1.807, 2.05) is 13.8 Å². The molecule has 110 valence electrons. The first-order valence-electron chi connectivity index (χ1n) is 6.69. The van der Waals surface area contributed by atoms with Crippen molar-refractivity contribution in [1.82, 2.24) is 10.3 Å². The highest BCUT2D eigenvalue weighted by Crippen LogP contribution is 2.17. The number of pyridine rings is 1. The molecule has 0 aromatic carbocycles. The minimum absolute atomic E-state index is 0.163. The SMILES string of the molecule is C=CCCOCCNC(=O)c1cc(Cl)nc(C(C)C)c1. The van der Waals surface area contributed by atoms with Gasteiger partial charge in [-0.2, -0.15) is 0 Å². The molecule has 0 spiro atoms. The lowest BCUT2D eigenvalue weighted by Crippen LogP contribution is -2.27. The molecule has 0 fully saturated rings. The van der Waals surface area contributed by atoms with Gasteiger partial charge in [0.05, 0.1) is 13.2 Å². The van der Waals surface area contributed by atoms with E-state index >= 15 is 0 Å². The Morgan fingerprint density at radius 3 is 2.90 bits per heavy atom. The normalized spacial score (nSPS) is 10.6. The smallest absolute Gasteiger partial charge is 0.251 e. The van der Waals surface area contributed by atoms with Gasteiger partial charge in [0.25, 0.3) is 5.91 Å². The fourth-order valence-corrected chi connectivity index (χ4v) is 1.77. The van der Waals surface area contributed by atoms with Gasteiger partial charge in [-0.25, -0.2) is 4.98 Å². The van der Waals surface area contributed by atoms with Crippen LogP contribution in [0.5, 0.6) is 0 Å². The van der Waals surface area contributed by atoms with E-state index in [1.165, 1.54) is 0 Å². The van der Waals surface area contributed by atoms with Gasteiger partial charge >= 0.3 is 0 Å². The van der Waals surface area contributed by atoms with Crippen LogP contribution >= 0.6 is 11.6 Å². The molecule has 1 N–H and O–H groups in total. The van der Waals surface area contributed by atoms with Crippen LogP contribution in [-0.4, -0.2) is 30.6 Å². The predicted octanol–water partition coefficient (Wildman–Crippen LogP) is 3.18.